The smallest absolute Gasteiger partial charge is 0.159 e. The summed E-state index contributed by atoms with van der Waals surface area (Å²) in [7, 11) is 0. The lowest BCUT2D eigenvalue weighted by atomic mass is 9.96. The van der Waals surface area contributed by atoms with Crippen molar-refractivity contribution in [3.63, 3.8) is 0 Å². The number of hydrogen-bond donors (Lipinski definition) is 1. The molecule has 1 aliphatic rings. The van der Waals surface area contributed by atoms with Crippen LogP contribution in [-0.4, -0.2) is 11.7 Å². The van der Waals surface area contributed by atoms with E-state index >= 15 is 0 Å². The van der Waals surface area contributed by atoms with Crippen molar-refractivity contribution in [1.29, 1.82) is 0 Å². The fraction of sp³-hybridized carbons (Fsp3) is 0.0270. The van der Waals surface area contributed by atoms with E-state index in [-0.39, 0.29) is 6.17 Å². The number of benzene rings is 6. The van der Waals surface area contributed by atoms with Gasteiger partial charge in [0.25, 0.3) is 0 Å². The maximum Gasteiger partial charge on any atom is 0.159 e. The van der Waals surface area contributed by atoms with Gasteiger partial charge < -0.3 is 9.73 Å². The summed E-state index contributed by atoms with van der Waals surface area (Å²) in [6.45, 7) is 0. The van der Waals surface area contributed by atoms with E-state index < -0.39 is 0 Å². The second kappa shape index (κ2) is 9.61. The minimum Gasteiger partial charge on any atom is -0.456 e. The zero-order chi connectivity index (χ0) is 27.2. The van der Waals surface area contributed by atoms with Gasteiger partial charge in [-0.1, -0.05) is 121 Å². The Bertz CT molecular complexity index is 2120. The highest BCUT2D eigenvalue weighted by molar-refractivity contribution is 6.14. The summed E-state index contributed by atoms with van der Waals surface area (Å²) in [4.78, 5) is 10.0. The van der Waals surface area contributed by atoms with Crippen molar-refractivity contribution in [2.45, 2.75) is 6.17 Å². The topological polar surface area (TPSA) is 49.9 Å². The molecule has 0 spiro atoms. The average molecular weight is 528 g/mol. The van der Waals surface area contributed by atoms with Gasteiger partial charge in [0.05, 0.1) is 0 Å². The van der Waals surface area contributed by atoms with E-state index in [9.17, 15) is 0 Å². The molecule has 0 radical (unpaired) electrons. The summed E-state index contributed by atoms with van der Waals surface area (Å²) in [6.07, 6.45) is -0.333. The van der Waals surface area contributed by atoms with E-state index in [0.29, 0.717) is 5.84 Å². The molecule has 1 atom stereocenters. The monoisotopic (exact) mass is 527 g/mol. The molecule has 0 saturated heterocycles. The molecule has 194 valence electrons. The molecular weight excluding hydrogens is 502 g/mol. The normalized spacial score (nSPS) is 15.1. The SMILES string of the molecule is c1ccc(C2=NC(c3cccc4oc5cc(-c6cccc7ccccc67)ccc5c34)NC(c3ccccc3)=N2)cc1. The van der Waals surface area contributed by atoms with Crippen molar-refractivity contribution in [1.82, 2.24) is 5.32 Å². The Kier molecular flexibility index (Phi) is 5.49. The van der Waals surface area contributed by atoms with Crippen LogP contribution in [-0.2, 0) is 0 Å². The maximum absolute atomic E-state index is 6.47. The van der Waals surface area contributed by atoms with Gasteiger partial charge in [-0.15, -0.1) is 0 Å². The fourth-order valence-corrected chi connectivity index (χ4v) is 5.79. The molecule has 0 aliphatic carbocycles. The summed E-state index contributed by atoms with van der Waals surface area (Å²) < 4.78 is 6.47. The molecular formula is C37H25N3O. The lowest BCUT2D eigenvalue weighted by molar-refractivity contribution is 0.662. The van der Waals surface area contributed by atoms with Crippen LogP contribution in [0, 0.1) is 0 Å². The van der Waals surface area contributed by atoms with Crippen LogP contribution in [0.3, 0.4) is 0 Å². The van der Waals surface area contributed by atoms with E-state index in [1.165, 1.54) is 16.3 Å². The molecule has 0 bridgehead atoms. The Morgan fingerprint density at radius 2 is 1.29 bits per heavy atom. The molecule has 1 N–H and O–H groups in total. The lowest BCUT2D eigenvalue weighted by Crippen LogP contribution is -2.33. The highest BCUT2D eigenvalue weighted by Crippen LogP contribution is 2.38. The number of aliphatic imine (C=N–C) groups is 2. The predicted molar refractivity (Wildman–Crippen MR) is 168 cm³/mol. The standard InChI is InChI=1S/C37H25N3O/c1-3-12-25(13-4-1)35-38-36(26-14-5-2-6-15-26)40-37(39-35)31-19-10-20-32-34(31)30-22-21-27(23-33(30)41-32)29-18-9-16-24-11-7-8-17-28(24)29/h1-23,37H,(H,38,39,40). The van der Waals surface area contributed by atoms with E-state index in [2.05, 4.69) is 96.3 Å². The van der Waals surface area contributed by atoms with Gasteiger partial charge in [0.2, 0.25) is 0 Å². The van der Waals surface area contributed by atoms with E-state index in [1.807, 2.05) is 48.5 Å². The molecule has 1 unspecified atom stereocenters. The van der Waals surface area contributed by atoms with Gasteiger partial charge in [-0.3, -0.25) is 0 Å². The molecule has 7 aromatic rings. The number of furan rings is 1. The summed E-state index contributed by atoms with van der Waals surface area (Å²) in [5.74, 6) is 1.50. The number of hydrogen-bond acceptors (Lipinski definition) is 4. The van der Waals surface area contributed by atoms with Gasteiger partial charge in [0.15, 0.2) is 5.84 Å². The number of rotatable bonds is 4. The molecule has 6 aromatic carbocycles. The second-order valence-electron chi connectivity index (χ2n) is 10.3. The molecule has 4 heteroatoms. The van der Waals surface area contributed by atoms with Gasteiger partial charge >= 0.3 is 0 Å². The van der Waals surface area contributed by atoms with Gasteiger partial charge in [0.1, 0.15) is 23.2 Å². The van der Waals surface area contributed by atoms with Crippen molar-refractivity contribution < 1.29 is 4.42 Å². The summed E-state index contributed by atoms with van der Waals surface area (Å²) in [5, 5.41) is 8.20. The van der Waals surface area contributed by atoms with Crippen molar-refractivity contribution in [2.24, 2.45) is 9.98 Å². The van der Waals surface area contributed by atoms with Crippen molar-refractivity contribution in [3.8, 4) is 11.1 Å². The molecule has 8 rings (SSSR count). The van der Waals surface area contributed by atoms with E-state index in [4.69, 9.17) is 14.4 Å². The first kappa shape index (κ1) is 23.4. The molecule has 1 aromatic heterocycles. The summed E-state index contributed by atoms with van der Waals surface area (Å²) >= 11 is 0. The van der Waals surface area contributed by atoms with Gasteiger partial charge in [0, 0.05) is 27.5 Å². The Morgan fingerprint density at radius 3 is 2.15 bits per heavy atom. The quantitative estimate of drug-likeness (QED) is 0.248. The molecule has 4 nitrogen and oxygen atoms in total. The van der Waals surface area contributed by atoms with Crippen LogP contribution in [0.2, 0.25) is 0 Å². The number of amidine groups is 2. The third-order valence-corrected chi connectivity index (χ3v) is 7.75. The van der Waals surface area contributed by atoms with Gasteiger partial charge in [-0.05, 0) is 40.1 Å². The largest absolute Gasteiger partial charge is 0.456 e. The zero-order valence-corrected chi connectivity index (χ0v) is 22.2. The number of nitrogens with zero attached hydrogens (tertiary/aromatic N) is 2. The van der Waals surface area contributed by atoms with Crippen LogP contribution in [0.5, 0.6) is 0 Å². The second-order valence-corrected chi connectivity index (χ2v) is 10.3. The maximum atomic E-state index is 6.47. The van der Waals surface area contributed by atoms with Crippen molar-refractivity contribution in [2.75, 3.05) is 0 Å². The Hall–Kier alpha value is -5.48. The van der Waals surface area contributed by atoms with Crippen LogP contribution >= 0.6 is 0 Å². The molecule has 0 fully saturated rings. The molecule has 2 heterocycles. The molecule has 0 saturated carbocycles. The Balaban J connectivity index is 1.28. The molecule has 1 aliphatic heterocycles. The average Bonchev–Trinajstić information content (AvgIpc) is 3.43. The van der Waals surface area contributed by atoms with Crippen LogP contribution in [0.4, 0.5) is 0 Å². The van der Waals surface area contributed by atoms with Crippen molar-refractivity contribution in [3.05, 3.63) is 156 Å². The zero-order valence-electron chi connectivity index (χ0n) is 22.2. The lowest BCUT2D eigenvalue weighted by Gasteiger charge is -2.24. The minimum atomic E-state index is -0.333. The van der Waals surface area contributed by atoms with Crippen LogP contribution in [0.15, 0.2) is 154 Å². The third-order valence-electron chi connectivity index (χ3n) is 7.75. The highest BCUT2D eigenvalue weighted by atomic mass is 16.3. The minimum absolute atomic E-state index is 0.333. The van der Waals surface area contributed by atoms with Gasteiger partial charge in [-0.25, -0.2) is 9.98 Å². The first-order valence-electron chi connectivity index (χ1n) is 13.8. The fourth-order valence-electron chi connectivity index (χ4n) is 5.79. The van der Waals surface area contributed by atoms with E-state index in [1.54, 1.807) is 0 Å². The first-order valence-corrected chi connectivity index (χ1v) is 13.8. The predicted octanol–water partition coefficient (Wildman–Crippen LogP) is 8.90. The molecule has 41 heavy (non-hydrogen) atoms. The van der Waals surface area contributed by atoms with Crippen molar-refractivity contribution >= 4 is 44.4 Å². The summed E-state index contributed by atoms with van der Waals surface area (Å²) in [5.41, 5.74) is 7.08. The summed E-state index contributed by atoms with van der Waals surface area (Å²) in [6, 6.07) is 48.0. The molecule has 0 amide bonds. The Labute approximate surface area is 237 Å². The van der Waals surface area contributed by atoms with E-state index in [0.717, 1.165) is 50.0 Å². The first-order chi connectivity index (χ1) is 20.3. The van der Waals surface area contributed by atoms with Crippen LogP contribution in [0.25, 0.3) is 43.8 Å². The van der Waals surface area contributed by atoms with Crippen LogP contribution < -0.4 is 5.32 Å². The van der Waals surface area contributed by atoms with Gasteiger partial charge in [-0.2, -0.15) is 0 Å². The Morgan fingerprint density at radius 1 is 0.561 bits per heavy atom. The number of fused-ring (bicyclic) bond motifs is 4. The highest BCUT2D eigenvalue weighted by Gasteiger charge is 2.24. The third kappa shape index (κ3) is 4.09. The number of nitrogens with one attached hydrogen (secondary N) is 1. The van der Waals surface area contributed by atoms with Crippen LogP contribution in [0.1, 0.15) is 22.9 Å².